The maximum absolute atomic E-state index is 8.46. The van der Waals surface area contributed by atoms with Gasteiger partial charge in [0.1, 0.15) is 0 Å². The highest BCUT2D eigenvalue weighted by Crippen LogP contribution is 2.31. The summed E-state index contributed by atoms with van der Waals surface area (Å²) in [4.78, 5) is 1.29. The first-order valence-electron chi connectivity index (χ1n) is 5.85. The third-order valence-corrected chi connectivity index (χ3v) is 3.65. The molecule has 0 bridgehead atoms. The second-order valence-corrected chi connectivity index (χ2v) is 4.99. The fraction of sp³-hybridized carbons (Fsp3) is 0.267. The van der Waals surface area contributed by atoms with Crippen molar-refractivity contribution in [1.82, 2.24) is 5.32 Å². The quantitative estimate of drug-likeness (QED) is 0.632. The van der Waals surface area contributed by atoms with E-state index in [9.17, 15) is 0 Å². The summed E-state index contributed by atoms with van der Waals surface area (Å²) >= 11 is 1.74. The molecule has 0 spiro atoms. The maximum atomic E-state index is 8.46. The molecule has 0 aliphatic heterocycles. The van der Waals surface area contributed by atoms with Gasteiger partial charge in [0.25, 0.3) is 0 Å². The molecular formula is C15H18N2S. The molecule has 0 saturated carbocycles. The van der Waals surface area contributed by atoms with Crippen molar-refractivity contribution in [2.45, 2.75) is 27.3 Å². The van der Waals surface area contributed by atoms with Gasteiger partial charge in [-0.1, -0.05) is 47.7 Å². The number of hydrogen-bond donors (Lipinski definition) is 1. The number of benzene rings is 1. The van der Waals surface area contributed by atoms with Crippen LogP contribution < -0.4 is 5.32 Å². The van der Waals surface area contributed by atoms with Gasteiger partial charge in [-0.15, -0.1) is 0 Å². The number of rotatable bonds is 5. The van der Waals surface area contributed by atoms with Crippen LogP contribution in [0.15, 0.2) is 41.3 Å². The molecule has 1 rings (SSSR count). The third-order valence-electron chi connectivity index (χ3n) is 2.36. The first-order valence-corrected chi connectivity index (χ1v) is 6.73. The summed E-state index contributed by atoms with van der Waals surface area (Å²) in [5.74, 6) is 0. The molecule has 0 saturated heterocycles. The highest BCUT2D eigenvalue weighted by molar-refractivity contribution is 8.10. The molecule has 0 radical (unpaired) electrons. The van der Waals surface area contributed by atoms with E-state index in [4.69, 9.17) is 5.26 Å². The van der Waals surface area contributed by atoms with Gasteiger partial charge < -0.3 is 5.32 Å². The van der Waals surface area contributed by atoms with Crippen LogP contribution in [0.1, 0.15) is 31.9 Å². The monoisotopic (exact) mass is 258 g/mol. The highest BCUT2D eigenvalue weighted by Gasteiger charge is 2.03. The molecule has 94 valence electrons. The summed E-state index contributed by atoms with van der Waals surface area (Å²) in [7, 11) is 0. The van der Waals surface area contributed by atoms with Crippen molar-refractivity contribution in [1.29, 1.82) is 5.26 Å². The largest absolute Gasteiger partial charge is 0.319 e. The van der Waals surface area contributed by atoms with Crippen LogP contribution in [0, 0.1) is 11.5 Å². The van der Waals surface area contributed by atoms with Gasteiger partial charge in [-0.3, -0.25) is 0 Å². The average Bonchev–Trinajstić information content (AvgIpc) is 2.38. The lowest BCUT2D eigenvalue weighted by atomic mass is 10.1. The molecule has 1 aromatic rings. The lowest BCUT2D eigenvalue weighted by Gasteiger charge is -2.08. The molecule has 0 atom stereocenters. The van der Waals surface area contributed by atoms with Crippen molar-refractivity contribution >= 4 is 16.7 Å². The van der Waals surface area contributed by atoms with E-state index in [2.05, 4.69) is 48.8 Å². The van der Waals surface area contributed by atoms with Crippen LogP contribution in [0.25, 0.3) is 4.91 Å². The van der Waals surface area contributed by atoms with Crippen molar-refractivity contribution in [2.75, 3.05) is 0 Å². The Hall–Kier alpha value is -1.66. The van der Waals surface area contributed by atoms with Gasteiger partial charge in [0.2, 0.25) is 0 Å². The number of nitriles is 1. The molecule has 3 heteroatoms. The Morgan fingerprint density at radius 1 is 1.33 bits per heavy atom. The summed E-state index contributed by atoms with van der Waals surface area (Å²) in [6.45, 7) is 6.85. The number of hydrogen-bond acceptors (Lipinski definition) is 3. The van der Waals surface area contributed by atoms with Gasteiger partial charge in [0, 0.05) is 11.4 Å². The van der Waals surface area contributed by atoms with E-state index in [0.29, 0.717) is 6.54 Å². The molecule has 0 fully saturated rings. The molecule has 0 amide bonds. The van der Waals surface area contributed by atoms with E-state index in [0.717, 1.165) is 5.56 Å². The summed E-state index contributed by atoms with van der Waals surface area (Å²) in [6, 6.07) is 8.32. The van der Waals surface area contributed by atoms with Gasteiger partial charge in [0.15, 0.2) is 6.19 Å². The Labute approximate surface area is 113 Å². The predicted molar refractivity (Wildman–Crippen MR) is 79.6 cm³/mol. The van der Waals surface area contributed by atoms with E-state index < -0.39 is 0 Å². The van der Waals surface area contributed by atoms with Crippen LogP contribution in [0.3, 0.4) is 0 Å². The second-order valence-electron chi connectivity index (χ2n) is 4.08. The first kappa shape index (κ1) is 14.4. The molecule has 1 aromatic carbocycles. The number of allylic oxidation sites excluding steroid dienone is 2. The molecule has 0 aliphatic rings. The predicted octanol–water partition coefficient (Wildman–Crippen LogP) is 4.27. The van der Waals surface area contributed by atoms with E-state index in [1.54, 1.807) is 11.8 Å². The zero-order chi connectivity index (χ0) is 13.4. The SMILES string of the molecule is C/C=C\SC(=C(C)C)c1ccc(CNC#N)cc1. The summed E-state index contributed by atoms with van der Waals surface area (Å²) < 4.78 is 0. The smallest absolute Gasteiger partial charge is 0.176 e. The second kappa shape index (κ2) is 7.62. The molecule has 0 heterocycles. The van der Waals surface area contributed by atoms with Crippen LogP contribution in [0.2, 0.25) is 0 Å². The Morgan fingerprint density at radius 3 is 2.50 bits per heavy atom. The number of thioether (sulfide) groups is 1. The highest BCUT2D eigenvalue weighted by atomic mass is 32.2. The van der Waals surface area contributed by atoms with Crippen LogP contribution >= 0.6 is 11.8 Å². The Bertz CT molecular complexity index is 474. The minimum absolute atomic E-state index is 0.586. The van der Waals surface area contributed by atoms with Gasteiger partial charge in [-0.2, -0.15) is 5.26 Å². The Kier molecular flexibility index (Phi) is 6.10. The Morgan fingerprint density at radius 2 is 2.00 bits per heavy atom. The maximum Gasteiger partial charge on any atom is 0.176 e. The van der Waals surface area contributed by atoms with E-state index in [-0.39, 0.29) is 0 Å². The van der Waals surface area contributed by atoms with Crippen molar-refractivity contribution in [3.8, 4) is 6.19 Å². The molecule has 18 heavy (non-hydrogen) atoms. The van der Waals surface area contributed by atoms with Crippen LogP contribution in [0.5, 0.6) is 0 Å². The van der Waals surface area contributed by atoms with E-state index in [1.807, 2.05) is 19.2 Å². The lowest BCUT2D eigenvalue weighted by molar-refractivity contribution is 0.884. The average molecular weight is 258 g/mol. The summed E-state index contributed by atoms with van der Waals surface area (Å²) in [6.07, 6.45) is 3.97. The van der Waals surface area contributed by atoms with Crippen LogP contribution in [0.4, 0.5) is 0 Å². The minimum Gasteiger partial charge on any atom is -0.319 e. The van der Waals surface area contributed by atoms with E-state index >= 15 is 0 Å². The van der Waals surface area contributed by atoms with Crippen molar-refractivity contribution in [3.05, 3.63) is 52.4 Å². The zero-order valence-electron chi connectivity index (χ0n) is 11.0. The van der Waals surface area contributed by atoms with Gasteiger partial charge in [-0.05, 0) is 37.3 Å². The van der Waals surface area contributed by atoms with Crippen LogP contribution in [-0.4, -0.2) is 0 Å². The van der Waals surface area contributed by atoms with Gasteiger partial charge in [-0.25, -0.2) is 0 Å². The molecule has 0 aliphatic carbocycles. The minimum atomic E-state index is 0.586. The van der Waals surface area contributed by atoms with Crippen molar-refractivity contribution in [2.24, 2.45) is 0 Å². The molecule has 0 unspecified atom stereocenters. The molecule has 2 nitrogen and oxygen atoms in total. The zero-order valence-corrected chi connectivity index (χ0v) is 11.8. The summed E-state index contributed by atoms with van der Waals surface area (Å²) in [5, 5.41) is 13.2. The fourth-order valence-corrected chi connectivity index (χ4v) is 2.31. The van der Waals surface area contributed by atoms with Gasteiger partial charge in [0.05, 0.1) is 0 Å². The Balaban J connectivity index is 2.88. The van der Waals surface area contributed by atoms with E-state index in [1.165, 1.54) is 16.0 Å². The topological polar surface area (TPSA) is 35.8 Å². The molecule has 1 N–H and O–H groups in total. The number of nitrogens with zero attached hydrogens (tertiary/aromatic N) is 1. The van der Waals surface area contributed by atoms with Gasteiger partial charge >= 0.3 is 0 Å². The van der Waals surface area contributed by atoms with Crippen molar-refractivity contribution < 1.29 is 0 Å². The normalized spacial score (nSPS) is 10.1. The first-order chi connectivity index (χ1) is 8.69. The molecular weight excluding hydrogens is 240 g/mol. The molecule has 0 aromatic heterocycles. The number of nitrogens with one attached hydrogen (secondary N) is 1. The lowest BCUT2D eigenvalue weighted by Crippen LogP contribution is -2.04. The summed E-state index contributed by atoms with van der Waals surface area (Å²) in [5.41, 5.74) is 3.64. The van der Waals surface area contributed by atoms with Crippen molar-refractivity contribution in [3.63, 3.8) is 0 Å². The van der Waals surface area contributed by atoms with Crippen LogP contribution in [-0.2, 0) is 6.54 Å². The third kappa shape index (κ3) is 4.31. The fourth-order valence-electron chi connectivity index (χ4n) is 1.53. The standard InChI is InChI=1S/C15H18N2S/c1-4-9-18-15(12(2)3)14-7-5-13(6-8-14)10-17-11-16/h4-9,17H,10H2,1-3H3/b9-4-.